The molecule has 5 heteroatoms. The Kier molecular flexibility index (Phi) is 5.72. The lowest BCUT2D eigenvalue weighted by atomic mass is 9.98. The first-order valence-corrected chi connectivity index (χ1v) is 10.6. The molecule has 4 rings (SSSR count). The van der Waals surface area contributed by atoms with Crippen molar-refractivity contribution in [2.75, 3.05) is 26.0 Å². The van der Waals surface area contributed by atoms with Crippen LogP contribution in [0.4, 0.5) is 0 Å². The van der Waals surface area contributed by atoms with Gasteiger partial charge in [0.1, 0.15) is 5.75 Å². The van der Waals surface area contributed by atoms with Crippen LogP contribution in [0.15, 0.2) is 60.8 Å². The first kappa shape index (κ1) is 18.7. The molecule has 0 spiro atoms. The van der Waals surface area contributed by atoms with Crippen molar-refractivity contribution in [3.63, 3.8) is 0 Å². The fourth-order valence-corrected chi connectivity index (χ4v) is 4.56. The van der Waals surface area contributed by atoms with Crippen molar-refractivity contribution in [2.24, 2.45) is 0 Å². The topological polar surface area (TPSA) is 45.3 Å². The third-order valence-electron chi connectivity index (χ3n) is 5.17. The summed E-state index contributed by atoms with van der Waals surface area (Å²) in [5, 5.41) is 1.24. The molecule has 0 radical (unpaired) electrons. The second kappa shape index (κ2) is 8.57. The van der Waals surface area contributed by atoms with Gasteiger partial charge in [0.2, 0.25) is 5.91 Å². The maximum absolute atomic E-state index is 12.6. The molecule has 0 saturated heterocycles. The first-order chi connectivity index (χ1) is 13.8. The molecule has 1 amide bonds. The van der Waals surface area contributed by atoms with Gasteiger partial charge in [-0.2, -0.15) is 0 Å². The number of para-hydroxylation sites is 2. The Labute approximate surface area is 169 Å². The molecule has 1 aromatic heterocycles. The smallest absolute Gasteiger partial charge is 0.232 e. The number of carbonyl (C=O) groups is 1. The molecule has 144 valence electrons. The van der Waals surface area contributed by atoms with Gasteiger partial charge in [0.25, 0.3) is 0 Å². The van der Waals surface area contributed by atoms with Gasteiger partial charge in [-0.25, -0.2) is 0 Å². The van der Waals surface area contributed by atoms with E-state index >= 15 is 0 Å². The summed E-state index contributed by atoms with van der Waals surface area (Å²) in [6.45, 7) is 1.43. The van der Waals surface area contributed by atoms with Crippen LogP contribution in [-0.2, 0) is 10.5 Å². The normalized spacial score (nSPS) is 14.2. The standard InChI is InChI=1S/C23H24N2O2S/c1-27-22-9-5-3-7-20(22)17-10-12-25(13-11-17)23(26)16-28-15-18-14-24-21-8-4-2-6-19(18)21/h2-10,14,24H,11-13,15-16H2,1H3. The Morgan fingerprint density at radius 1 is 1.18 bits per heavy atom. The zero-order valence-corrected chi connectivity index (χ0v) is 16.8. The van der Waals surface area contributed by atoms with E-state index in [1.54, 1.807) is 18.9 Å². The van der Waals surface area contributed by atoms with Gasteiger partial charge in [0, 0.05) is 41.5 Å². The molecule has 1 aliphatic heterocycles. The maximum atomic E-state index is 12.6. The summed E-state index contributed by atoms with van der Waals surface area (Å²) in [6.07, 6.45) is 5.06. The van der Waals surface area contributed by atoms with Crippen molar-refractivity contribution in [2.45, 2.75) is 12.2 Å². The summed E-state index contributed by atoms with van der Waals surface area (Å²) in [4.78, 5) is 17.8. The molecule has 0 fully saturated rings. The predicted molar refractivity (Wildman–Crippen MR) is 117 cm³/mol. The lowest BCUT2D eigenvalue weighted by molar-refractivity contribution is -0.127. The molecule has 3 aromatic rings. The zero-order valence-electron chi connectivity index (χ0n) is 16.0. The Balaban J connectivity index is 1.32. The number of thioether (sulfide) groups is 1. The summed E-state index contributed by atoms with van der Waals surface area (Å²) < 4.78 is 5.46. The number of hydrogen-bond donors (Lipinski definition) is 1. The van der Waals surface area contributed by atoms with Crippen LogP contribution in [0, 0.1) is 0 Å². The number of methoxy groups -OCH3 is 1. The number of nitrogens with zero attached hydrogens (tertiary/aromatic N) is 1. The molecule has 0 saturated carbocycles. The average Bonchev–Trinajstić information content (AvgIpc) is 3.17. The molecule has 28 heavy (non-hydrogen) atoms. The SMILES string of the molecule is COc1ccccc1C1=CCN(C(=O)CSCc2c[nH]c3ccccc23)CC1. The number of hydrogen-bond acceptors (Lipinski definition) is 3. The minimum absolute atomic E-state index is 0.208. The quantitative estimate of drug-likeness (QED) is 0.660. The van der Waals surface area contributed by atoms with Crippen LogP contribution in [0.5, 0.6) is 5.75 Å². The van der Waals surface area contributed by atoms with E-state index in [4.69, 9.17) is 4.74 Å². The molecule has 4 nitrogen and oxygen atoms in total. The molecule has 0 bridgehead atoms. The van der Waals surface area contributed by atoms with Crippen LogP contribution in [0.3, 0.4) is 0 Å². The van der Waals surface area contributed by atoms with E-state index in [1.807, 2.05) is 35.4 Å². The molecular weight excluding hydrogens is 368 g/mol. The molecule has 0 atom stereocenters. The van der Waals surface area contributed by atoms with Gasteiger partial charge in [-0.3, -0.25) is 4.79 Å². The van der Waals surface area contributed by atoms with E-state index in [0.29, 0.717) is 12.3 Å². The summed E-state index contributed by atoms with van der Waals surface area (Å²) >= 11 is 1.68. The minimum Gasteiger partial charge on any atom is -0.496 e. The largest absolute Gasteiger partial charge is 0.496 e. The number of rotatable bonds is 6. The molecular formula is C23H24N2O2S. The summed E-state index contributed by atoms with van der Waals surface area (Å²) in [6, 6.07) is 16.3. The number of aromatic amines is 1. The second-order valence-corrected chi connectivity index (χ2v) is 7.86. The number of fused-ring (bicyclic) bond motifs is 1. The minimum atomic E-state index is 0.208. The first-order valence-electron chi connectivity index (χ1n) is 9.49. The van der Waals surface area contributed by atoms with Crippen molar-refractivity contribution in [3.05, 3.63) is 71.9 Å². The molecule has 1 aliphatic rings. The van der Waals surface area contributed by atoms with E-state index < -0.39 is 0 Å². The molecule has 2 heterocycles. The number of carbonyl (C=O) groups excluding carboxylic acids is 1. The highest BCUT2D eigenvalue weighted by atomic mass is 32.2. The van der Waals surface area contributed by atoms with Gasteiger partial charge in [-0.1, -0.05) is 42.5 Å². The zero-order chi connectivity index (χ0) is 19.3. The van der Waals surface area contributed by atoms with Gasteiger partial charge < -0.3 is 14.6 Å². The van der Waals surface area contributed by atoms with Crippen LogP contribution in [0.1, 0.15) is 17.5 Å². The number of benzene rings is 2. The van der Waals surface area contributed by atoms with E-state index in [0.717, 1.165) is 35.5 Å². The van der Waals surface area contributed by atoms with Crippen molar-refractivity contribution in [3.8, 4) is 5.75 Å². The molecule has 1 N–H and O–H groups in total. The van der Waals surface area contributed by atoms with E-state index in [-0.39, 0.29) is 5.91 Å². The van der Waals surface area contributed by atoms with Crippen LogP contribution >= 0.6 is 11.8 Å². The third-order valence-corrected chi connectivity index (χ3v) is 6.14. The van der Waals surface area contributed by atoms with Crippen LogP contribution in [0.25, 0.3) is 16.5 Å². The molecule has 2 aromatic carbocycles. The Morgan fingerprint density at radius 2 is 2.00 bits per heavy atom. The second-order valence-electron chi connectivity index (χ2n) is 6.87. The third kappa shape index (κ3) is 3.94. The number of nitrogens with one attached hydrogen (secondary N) is 1. The van der Waals surface area contributed by atoms with E-state index in [1.165, 1.54) is 16.5 Å². The lowest BCUT2D eigenvalue weighted by Crippen LogP contribution is -2.35. The van der Waals surface area contributed by atoms with Crippen molar-refractivity contribution in [1.29, 1.82) is 0 Å². The van der Waals surface area contributed by atoms with Crippen molar-refractivity contribution < 1.29 is 9.53 Å². The Bertz CT molecular complexity index is 1010. The lowest BCUT2D eigenvalue weighted by Gasteiger charge is -2.27. The maximum Gasteiger partial charge on any atom is 0.232 e. The van der Waals surface area contributed by atoms with Gasteiger partial charge in [0.15, 0.2) is 0 Å². The Morgan fingerprint density at radius 3 is 2.82 bits per heavy atom. The number of ether oxygens (including phenoxy) is 1. The number of amides is 1. The number of aromatic nitrogens is 1. The number of H-pyrrole nitrogens is 1. The van der Waals surface area contributed by atoms with Crippen molar-refractivity contribution in [1.82, 2.24) is 9.88 Å². The van der Waals surface area contributed by atoms with Gasteiger partial charge >= 0.3 is 0 Å². The van der Waals surface area contributed by atoms with Crippen molar-refractivity contribution >= 4 is 34.1 Å². The molecule has 0 unspecified atom stereocenters. The predicted octanol–water partition coefficient (Wildman–Crippen LogP) is 4.73. The summed E-state index contributed by atoms with van der Waals surface area (Å²) in [5.74, 6) is 2.45. The highest BCUT2D eigenvalue weighted by Gasteiger charge is 2.19. The van der Waals surface area contributed by atoms with Crippen LogP contribution in [0.2, 0.25) is 0 Å². The molecule has 0 aliphatic carbocycles. The fourth-order valence-electron chi connectivity index (χ4n) is 3.64. The summed E-state index contributed by atoms with van der Waals surface area (Å²) in [7, 11) is 1.70. The van der Waals surface area contributed by atoms with E-state index in [2.05, 4.69) is 35.3 Å². The Hall–Kier alpha value is -2.66. The van der Waals surface area contributed by atoms with Gasteiger partial charge in [0.05, 0.1) is 12.9 Å². The van der Waals surface area contributed by atoms with E-state index in [9.17, 15) is 4.79 Å². The van der Waals surface area contributed by atoms with Crippen LogP contribution < -0.4 is 4.74 Å². The average molecular weight is 393 g/mol. The van der Waals surface area contributed by atoms with Gasteiger partial charge in [-0.05, 0) is 29.7 Å². The monoisotopic (exact) mass is 392 g/mol. The van der Waals surface area contributed by atoms with Gasteiger partial charge in [-0.15, -0.1) is 11.8 Å². The highest BCUT2D eigenvalue weighted by molar-refractivity contribution is 7.99. The fraction of sp³-hybridized carbons (Fsp3) is 0.261. The van der Waals surface area contributed by atoms with Crippen LogP contribution in [-0.4, -0.2) is 41.7 Å². The summed E-state index contributed by atoms with van der Waals surface area (Å²) in [5.41, 5.74) is 4.79. The highest BCUT2D eigenvalue weighted by Crippen LogP contribution is 2.30.